The topological polar surface area (TPSA) is 73.6 Å². The van der Waals surface area contributed by atoms with Gasteiger partial charge < -0.3 is 14.9 Å². The molecule has 0 amide bonds. The first-order valence-electron chi connectivity index (χ1n) is 8.38. The van der Waals surface area contributed by atoms with Crippen molar-refractivity contribution >= 4 is 16.9 Å². The molecule has 1 fully saturated rings. The maximum atomic E-state index is 14.6. The number of benzene rings is 1. The van der Waals surface area contributed by atoms with E-state index in [2.05, 4.69) is 9.98 Å². The number of fused-ring (bicyclic) bond motifs is 1. The highest BCUT2D eigenvalue weighted by Crippen LogP contribution is 2.49. The third-order valence-corrected chi connectivity index (χ3v) is 6.09. The van der Waals surface area contributed by atoms with Crippen LogP contribution in [0.25, 0.3) is 0 Å². The molecule has 2 aliphatic heterocycles. The molecular formula is C18H19F2N3O2S. The van der Waals surface area contributed by atoms with Gasteiger partial charge in [0.2, 0.25) is 5.89 Å². The van der Waals surface area contributed by atoms with E-state index >= 15 is 0 Å². The molecule has 26 heavy (non-hydrogen) atoms. The first kappa shape index (κ1) is 17.5. The number of halogens is 2. The average molecular weight is 379 g/mol. The van der Waals surface area contributed by atoms with Gasteiger partial charge >= 0.3 is 0 Å². The minimum Gasteiger partial charge on any atom is -0.443 e. The molecule has 2 aromatic rings. The Hall–Kier alpha value is -1.93. The van der Waals surface area contributed by atoms with Gasteiger partial charge in [0.15, 0.2) is 5.17 Å². The van der Waals surface area contributed by atoms with Gasteiger partial charge in [-0.05, 0) is 26.3 Å². The van der Waals surface area contributed by atoms with E-state index in [0.717, 1.165) is 17.5 Å². The molecule has 0 saturated carbocycles. The van der Waals surface area contributed by atoms with Crippen LogP contribution in [0.3, 0.4) is 0 Å². The molecule has 4 rings (SSSR count). The fourth-order valence-corrected chi connectivity index (χ4v) is 4.63. The number of ether oxygens (including phenoxy) is 1. The SMILES string of the molecule is Cc1nc([C@H]2CC3CSC(N)=NC3(c3ccc(F)cc3F)CO2)oc1C. The lowest BCUT2D eigenvalue weighted by atomic mass is 9.75. The highest BCUT2D eigenvalue weighted by Gasteiger charge is 2.50. The number of hydrogen-bond acceptors (Lipinski definition) is 6. The van der Waals surface area contributed by atoms with Gasteiger partial charge in [-0.1, -0.05) is 17.8 Å². The van der Waals surface area contributed by atoms with Crippen molar-refractivity contribution in [1.82, 2.24) is 4.98 Å². The van der Waals surface area contributed by atoms with Crippen molar-refractivity contribution in [3.05, 3.63) is 52.7 Å². The van der Waals surface area contributed by atoms with E-state index in [9.17, 15) is 8.78 Å². The van der Waals surface area contributed by atoms with Crippen LogP contribution in [-0.4, -0.2) is 22.5 Å². The maximum absolute atomic E-state index is 14.6. The normalized spacial score (nSPS) is 28.5. The highest BCUT2D eigenvalue weighted by molar-refractivity contribution is 8.13. The predicted octanol–water partition coefficient (Wildman–Crippen LogP) is 3.60. The number of amidine groups is 1. The van der Waals surface area contributed by atoms with E-state index in [0.29, 0.717) is 28.8 Å². The zero-order chi connectivity index (χ0) is 18.5. The lowest BCUT2D eigenvalue weighted by molar-refractivity contribution is -0.0699. The summed E-state index contributed by atoms with van der Waals surface area (Å²) in [6.07, 6.45) is 0.249. The quantitative estimate of drug-likeness (QED) is 0.863. The molecule has 1 aromatic heterocycles. The van der Waals surface area contributed by atoms with Crippen molar-refractivity contribution in [2.24, 2.45) is 16.6 Å². The number of nitrogens with two attached hydrogens (primary N) is 1. The minimum atomic E-state index is -0.958. The molecule has 1 aromatic carbocycles. The summed E-state index contributed by atoms with van der Waals surface area (Å²) in [4.78, 5) is 8.99. The monoisotopic (exact) mass is 379 g/mol. The molecule has 0 spiro atoms. The molecule has 8 heteroatoms. The summed E-state index contributed by atoms with van der Waals surface area (Å²) < 4.78 is 39.7. The second-order valence-electron chi connectivity index (χ2n) is 6.74. The lowest BCUT2D eigenvalue weighted by Gasteiger charge is -2.45. The summed E-state index contributed by atoms with van der Waals surface area (Å²) in [7, 11) is 0. The molecule has 2 N–H and O–H groups in total. The van der Waals surface area contributed by atoms with Crippen molar-refractivity contribution in [3.8, 4) is 0 Å². The summed E-state index contributed by atoms with van der Waals surface area (Å²) in [6, 6.07) is 3.56. The zero-order valence-corrected chi connectivity index (χ0v) is 15.3. The van der Waals surface area contributed by atoms with E-state index < -0.39 is 17.2 Å². The first-order valence-corrected chi connectivity index (χ1v) is 9.37. The van der Waals surface area contributed by atoms with Crippen LogP contribution < -0.4 is 5.73 Å². The van der Waals surface area contributed by atoms with Crippen LogP contribution in [0.15, 0.2) is 27.6 Å². The highest BCUT2D eigenvalue weighted by atomic mass is 32.2. The number of aliphatic imine (C=N–C) groups is 1. The Bertz CT molecular complexity index is 866. The van der Waals surface area contributed by atoms with Crippen LogP contribution in [-0.2, 0) is 10.3 Å². The van der Waals surface area contributed by atoms with Gasteiger partial charge in [-0.15, -0.1) is 0 Å². The van der Waals surface area contributed by atoms with E-state index in [1.807, 2.05) is 13.8 Å². The number of aromatic nitrogens is 1. The van der Waals surface area contributed by atoms with E-state index in [1.165, 1.54) is 23.9 Å². The molecule has 1 saturated heterocycles. The Morgan fingerprint density at radius 1 is 1.31 bits per heavy atom. The van der Waals surface area contributed by atoms with Gasteiger partial charge in [-0.2, -0.15) is 0 Å². The summed E-state index contributed by atoms with van der Waals surface area (Å²) in [5, 5.41) is 0.384. The Labute approximate surface area is 154 Å². The van der Waals surface area contributed by atoms with Crippen molar-refractivity contribution < 1.29 is 17.9 Å². The van der Waals surface area contributed by atoms with Crippen molar-refractivity contribution in [2.45, 2.75) is 31.9 Å². The van der Waals surface area contributed by atoms with Crippen LogP contribution in [0.1, 0.15) is 35.4 Å². The van der Waals surface area contributed by atoms with Gasteiger partial charge in [0.25, 0.3) is 0 Å². The fraction of sp³-hybridized carbons (Fsp3) is 0.444. The molecule has 2 unspecified atom stereocenters. The summed E-state index contributed by atoms with van der Waals surface area (Å²) in [5.41, 5.74) is 6.12. The van der Waals surface area contributed by atoms with Gasteiger partial charge in [-0.25, -0.2) is 18.8 Å². The Morgan fingerprint density at radius 2 is 2.12 bits per heavy atom. The largest absolute Gasteiger partial charge is 0.443 e. The van der Waals surface area contributed by atoms with Crippen LogP contribution >= 0.6 is 11.8 Å². The Morgan fingerprint density at radius 3 is 2.81 bits per heavy atom. The third-order valence-electron chi connectivity index (χ3n) is 5.14. The van der Waals surface area contributed by atoms with Gasteiger partial charge in [-0.3, -0.25) is 0 Å². The summed E-state index contributed by atoms with van der Waals surface area (Å²) in [6.45, 7) is 3.87. The van der Waals surface area contributed by atoms with E-state index in [-0.39, 0.29) is 18.6 Å². The van der Waals surface area contributed by atoms with Gasteiger partial charge in [0, 0.05) is 23.3 Å². The molecule has 0 bridgehead atoms. The smallest absolute Gasteiger partial charge is 0.223 e. The second-order valence-corrected chi connectivity index (χ2v) is 7.78. The number of oxazole rings is 1. The second kappa shape index (κ2) is 6.35. The third kappa shape index (κ3) is 2.81. The predicted molar refractivity (Wildman–Crippen MR) is 94.9 cm³/mol. The number of thioether (sulfide) groups is 1. The molecule has 138 valence electrons. The number of nitrogens with zero attached hydrogens (tertiary/aromatic N) is 2. The lowest BCUT2D eigenvalue weighted by Crippen LogP contribution is -2.48. The molecule has 0 radical (unpaired) electrons. The number of aryl methyl sites for hydroxylation is 2. The molecule has 3 heterocycles. The van der Waals surface area contributed by atoms with Crippen molar-refractivity contribution in [3.63, 3.8) is 0 Å². The molecule has 3 atom stereocenters. The first-order chi connectivity index (χ1) is 12.4. The van der Waals surface area contributed by atoms with Gasteiger partial charge in [0.1, 0.15) is 29.0 Å². The van der Waals surface area contributed by atoms with Crippen LogP contribution in [0.2, 0.25) is 0 Å². The molecule has 2 aliphatic rings. The standard InChI is InChI=1S/C18H19F2N3O2S/c1-9-10(2)25-16(22-9)15-5-11-7-26-17(21)23-18(11,8-24-15)13-4-3-12(19)6-14(13)20/h3-4,6,11,15H,5,7-8H2,1-2H3,(H2,21,23)/t11?,15-,18?/m1/s1. The molecule has 0 aliphatic carbocycles. The molecular weight excluding hydrogens is 360 g/mol. The number of hydrogen-bond donors (Lipinski definition) is 1. The zero-order valence-electron chi connectivity index (χ0n) is 14.5. The molecule has 5 nitrogen and oxygen atoms in total. The average Bonchev–Trinajstić information content (AvgIpc) is 2.93. The number of rotatable bonds is 2. The van der Waals surface area contributed by atoms with Crippen molar-refractivity contribution in [1.29, 1.82) is 0 Å². The van der Waals surface area contributed by atoms with Crippen molar-refractivity contribution in [2.75, 3.05) is 12.4 Å². The maximum Gasteiger partial charge on any atom is 0.223 e. The summed E-state index contributed by atoms with van der Waals surface area (Å²) in [5.74, 6) is 0.659. The minimum absolute atomic E-state index is 0.0361. The van der Waals surface area contributed by atoms with E-state index in [1.54, 1.807) is 0 Å². The van der Waals surface area contributed by atoms with Crippen LogP contribution in [0.5, 0.6) is 0 Å². The summed E-state index contributed by atoms with van der Waals surface area (Å²) >= 11 is 1.44. The Kier molecular flexibility index (Phi) is 4.27. The van der Waals surface area contributed by atoms with Gasteiger partial charge in [0.05, 0.1) is 12.3 Å². The van der Waals surface area contributed by atoms with Crippen LogP contribution in [0.4, 0.5) is 8.78 Å². The van der Waals surface area contributed by atoms with Crippen LogP contribution in [0, 0.1) is 31.4 Å². The van der Waals surface area contributed by atoms with E-state index in [4.69, 9.17) is 14.9 Å². The fourth-order valence-electron chi connectivity index (χ4n) is 3.62. The Balaban J connectivity index is 1.72.